The molecule has 2 aromatic rings. The summed E-state index contributed by atoms with van der Waals surface area (Å²) >= 11 is 0. The van der Waals surface area contributed by atoms with Crippen molar-refractivity contribution in [2.75, 3.05) is 7.05 Å². The number of aromatic nitrogens is 1. The van der Waals surface area contributed by atoms with E-state index in [2.05, 4.69) is 24.1 Å². The van der Waals surface area contributed by atoms with Gasteiger partial charge in [-0.25, -0.2) is 4.79 Å². The Morgan fingerprint density at radius 3 is 2.67 bits per heavy atom. The Morgan fingerprint density at radius 2 is 2.06 bits per heavy atom. The molecular formula is C14H20N2O2. The Kier molecular flexibility index (Phi) is 3.87. The summed E-state index contributed by atoms with van der Waals surface area (Å²) in [6, 6.07) is 6.20. The highest BCUT2D eigenvalue weighted by Crippen LogP contribution is 2.28. The van der Waals surface area contributed by atoms with E-state index >= 15 is 0 Å². The molecule has 1 aromatic carbocycles. The Bertz CT molecular complexity index is 566. The number of nitrogens with one attached hydrogen (secondary N) is 2. The van der Waals surface area contributed by atoms with Gasteiger partial charge < -0.3 is 9.73 Å². The van der Waals surface area contributed by atoms with Crippen LogP contribution in [0.15, 0.2) is 27.4 Å². The maximum absolute atomic E-state index is 11.1. The lowest BCUT2D eigenvalue weighted by Crippen LogP contribution is -2.24. The molecule has 0 amide bonds. The van der Waals surface area contributed by atoms with E-state index in [0.717, 1.165) is 18.4 Å². The van der Waals surface area contributed by atoms with E-state index in [0.29, 0.717) is 17.5 Å². The van der Waals surface area contributed by atoms with E-state index in [4.69, 9.17) is 4.42 Å². The lowest BCUT2D eigenvalue weighted by Gasteiger charge is -2.25. The number of fused-ring (bicyclic) bond motifs is 1. The van der Waals surface area contributed by atoms with Crippen LogP contribution in [0.3, 0.4) is 0 Å². The largest absolute Gasteiger partial charge is 0.417 e. The molecule has 4 heteroatoms. The maximum Gasteiger partial charge on any atom is 0.417 e. The molecule has 0 fully saturated rings. The fourth-order valence-corrected chi connectivity index (χ4v) is 2.59. The van der Waals surface area contributed by atoms with Gasteiger partial charge in [-0.3, -0.25) is 4.98 Å². The van der Waals surface area contributed by atoms with Gasteiger partial charge in [-0.05, 0) is 30.7 Å². The van der Waals surface area contributed by atoms with Crippen LogP contribution in [-0.2, 0) is 0 Å². The van der Waals surface area contributed by atoms with Crippen molar-refractivity contribution in [1.82, 2.24) is 10.3 Å². The third-order valence-corrected chi connectivity index (χ3v) is 3.64. The van der Waals surface area contributed by atoms with E-state index in [1.807, 2.05) is 25.2 Å². The Morgan fingerprint density at radius 1 is 1.33 bits per heavy atom. The molecule has 0 aliphatic heterocycles. The molecule has 2 N–H and O–H groups in total. The van der Waals surface area contributed by atoms with Crippen molar-refractivity contribution in [2.24, 2.45) is 5.92 Å². The Labute approximate surface area is 106 Å². The van der Waals surface area contributed by atoms with Crippen molar-refractivity contribution in [3.8, 4) is 0 Å². The zero-order valence-electron chi connectivity index (χ0n) is 11.1. The van der Waals surface area contributed by atoms with Crippen molar-refractivity contribution in [2.45, 2.75) is 32.7 Å². The van der Waals surface area contributed by atoms with Gasteiger partial charge in [0.15, 0.2) is 5.58 Å². The number of H-pyrrole nitrogens is 1. The first-order valence-corrected chi connectivity index (χ1v) is 6.49. The third-order valence-electron chi connectivity index (χ3n) is 3.64. The molecule has 0 aliphatic carbocycles. The van der Waals surface area contributed by atoms with Crippen LogP contribution in [0.25, 0.3) is 11.1 Å². The van der Waals surface area contributed by atoms with Gasteiger partial charge in [0.1, 0.15) is 0 Å². The van der Waals surface area contributed by atoms with Crippen LogP contribution in [0.5, 0.6) is 0 Å². The first kappa shape index (κ1) is 12.9. The number of benzene rings is 1. The van der Waals surface area contributed by atoms with Gasteiger partial charge in [0, 0.05) is 6.04 Å². The van der Waals surface area contributed by atoms with Crippen LogP contribution < -0.4 is 11.1 Å². The molecule has 18 heavy (non-hydrogen) atoms. The van der Waals surface area contributed by atoms with Gasteiger partial charge >= 0.3 is 5.76 Å². The number of rotatable bonds is 5. The van der Waals surface area contributed by atoms with Crippen LogP contribution in [-0.4, -0.2) is 12.0 Å². The second-order valence-electron chi connectivity index (χ2n) is 4.61. The zero-order chi connectivity index (χ0) is 13.1. The molecule has 1 unspecified atom stereocenters. The number of hydrogen-bond acceptors (Lipinski definition) is 3. The smallest absolute Gasteiger partial charge is 0.408 e. The minimum Gasteiger partial charge on any atom is -0.408 e. The highest BCUT2D eigenvalue weighted by Gasteiger charge is 2.19. The minimum atomic E-state index is -0.398. The van der Waals surface area contributed by atoms with Gasteiger partial charge in [-0.1, -0.05) is 32.8 Å². The van der Waals surface area contributed by atoms with Crippen molar-refractivity contribution >= 4 is 11.1 Å². The SMILES string of the molecule is CCC(CC)C(NC)c1ccc2[nH]c(=O)oc2c1. The van der Waals surface area contributed by atoms with Gasteiger partial charge in [-0.2, -0.15) is 0 Å². The van der Waals surface area contributed by atoms with E-state index < -0.39 is 5.76 Å². The van der Waals surface area contributed by atoms with E-state index in [9.17, 15) is 4.79 Å². The molecule has 1 aromatic heterocycles. The summed E-state index contributed by atoms with van der Waals surface area (Å²) in [7, 11) is 1.97. The fraction of sp³-hybridized carbons (Fsp3) is 0.500. The average Bonchev–Trinajstić information content (AvgIpc) is 2.74. The van der Waals surface area contributed by atoms with Crippen LogP contribution in [0.4, 0.5) is 0 Å². The maximum atomic E-state index is 11.1. The summed E-state index contributed by atoms with van der Waals surface area (Å²) in [6.45, 7) is 4.40. The Hall–Kier alpha value is -1.55. The standard InChI is InChI=1S/C14H20N2O2/c1-4-9(5-2)13(15-3)10-6-7-11-12(8-10)18-14(17)16-11/h6-9,13,15H,4-5H2,1-3H3,(H,16,17). The van der Waals surface area contributed by atoms with Crippen LogP contribution >= 0.6 is 0 Å². The molecule has 4 nitrogen and oxygen atoms in total. The predicted octanol–water partition coefficient (Wildman–Crippen LogP) is 2.82. The Balaban J connectivity index is 2.41. The van der Waals surface area contributed by atoms with Crippen LogP contribution in [0.2, 0.25) is 0 Å². The lowest BCUT2D eigenvalue weighted by atomic mass is 9.89. The average molecular weight is 248 g/mol. The molecule has 0 saturated carbocycles. The van der Waals surface area contributed by atoms with Gasteiger partial charge in [0.25, 0.3) is 0 Å². The first-order chi connectivity index (χ1) is 8.69. The summed E-state index contributed by atoms with van der Waals surface area (Å²) in [5.74, 6) is 0.184. The van der Waals surface area contributed by atoms with E-state index in [1.165, 1.54) is 5.56 Å². The van der Waals surface area contributed by atoms with E-state index in [-0.39, 0.29) is 0 Å². The topological polar surface area (TPSA) is 58.0 Å². The second-order valence-corrected chi connectivity index (χ2v) is 4.61. The molecule has 0 aliphatic rings. The minimum absolute atomic E-state index is 0.296. The lowest BCUT2D eigenvalue weighted by molar-refractivity contribution is 0.359. The zero-order valence-corrected chi connectivity index (χ0v) is 11.1. The number of aromatic amines is 1. The normalized spacial score (nSPS) is 13.3. The predicted molar refractivity (Wildman–Crippen MR) is 72.7 cm³/mol. The second kappa shape index (κ2) is 5.40. The van der Waals surface area contributed by atoms with Crippen molar-refractivity contribution in [1.29, 1.82) is 0 Å². The third kappa shape index (κ3) is 2.34. The molecule has 0 radical (unpaired) electrons. The summed E-state index contributed by atoms with van der Waals surface area (Å²) in [5, 5.41) is 3.36. The molecule has 0 spiro atoms. The van der Waals surface area contributed by atoms with Gasteiger partial charge in [0.2, 0.25) is 0 Å². The van der Waals surface area contributed by atoms with Crippen molar-refractivity contribution in [3.63, 3.8) is 0 Å². The molecule has 1 atom stereocenters. The summed E-state index contributed by atoms with van der Waals surface area (Å²) in [4.78, 5) is 13.8. The number of hydrogen-bond donors (Lipinski definition) is 2. The van der Waals surface area contributed by atoms with E-state index in [1.54, 1.807) is 0 Å². The molecule has 98 valence electrons. The summed E-state index contributed by atoms with van der Waals surface area (Å²) < 4.78 is 5.11. The molecule has 0 bridgehead atoms. The first-order valence-electron chi connectivity index (χ1n) is 6.49. The molecule has 1 heterocycles. The molecule has 0 saturated heterocycles. The number of oxazole rings is 1. The monoisotopic (exact) mass is 248 g/mol. The molecule has 2 rings (SSSR count). The quantitative estimate of drug-likeness (QED) is 0.855. The molecular weight excluding hydrogens is 228 g/mol. The van der Waals surface area contributed by atoms with Crippen LogP contribution in [0.1, 0.15) is 38.3 Å². The van der Waals surface area contributed by atoms with Gasteiger partial charge in [0.05, 0.1) is 5.52 Å². The summed E-state index contributed by atoms with van der Waals surface area (Å²) in [5.41, 5.74) is 2.55. The summed E-state index contributed by atoms with van der Waals surface area (Å²) in [6.07, 6.45) is 2.24. The van der Waals surface area contributed by atoms with Crippen molar-refractivity contribution in [3.05, 3.63) is 34.3 Å². The van der Waals surface area contributed by atoms with Crippen molar-refractivity contribution < 1.29 is 4.42 Å². The fourth-order valence-electron chi connectivity index (χ4n) is 2.59. The highest BCUT2D eigenvalue weighted by atomic mass is 16.4. The highest BCUT2D eigenvalue weighted by molar-refractivity contribution is 5.72. The van der Waals surface area contributed by atoms with Crippen LogP contribution in [0, 0.1) is 5.92 Å². The van der Waals surface area contributed by atoms with Gasteiger partial charge in [-0.15, -0.1) is 0 Å².